The van der Waals surface area contributed by atoms with Crippen LogP contribution in [-0.2, 0) is 11.3 Å². The van der Waals surface area contributed by atoms with Gasteiger partial charge in [0.15, 0.2) is 12.0 Å². The van der Waals surface area contributed by atoms with Gasteiger partial charge in [0.05, 0.1) is 7.11 Å². The lowest BCUT2D eigenvalue weighted by Gasteiger charge is -2.09. The Hall–Kier alpha value is -2.08. The van der Waals surface area contributed by atoms with Crippen LogP contribution in [0.4, 0.5) is 0 Å². The van der Waals surface area contributed by atoms with Gasteiger partial charge in [-0.25, -0.2) is 4.79 Å². The number of carbonyl (C=O) groups is 1. The van der Waals surface area contributed by atoms with Gasteiger partial charge in [-0.3, -0.25) is 0 Å². The number of carboxylic acid groups (broad SMARTS) is 1. The van der Waals surface area contributed by atoms with Gasteiger partial charge in [-0.1, -0.05) is 18.1 Å². The van der Waals surface area contributed by atoms with E-state index in [0.29, 0.717) is 24.3 Å². The van der Waals surface area contributed by atoms with Gasteiger partial charge in [0.2, 0.25) is 0 Å². The molecule has 1 aromatic carbocycles. The summed E-state index contributed by atoms with van der Waals surface area (Å²) >= 11 is 0. The molecule has 0 aromatic heterocycles. The molecule has 0 fully saturated rings. The number of methoxy groups -OCH3 is 1. The van der Waals surface area contributed by atoms with E-state index in [0.717, 1.165) is 12.1 Å². The second-order valence-corrected chi connectivity index (χ2v) is 3.42. The zero-order valence-electron chi connectivity index (χ0n) is 10.3. The summed E-state index contributed by atoms with van der Waals surface area (Å²) in [5.74, 6) is -0.0743. The van der Waals surface area contributed by atoms with Gasteiger partial charge in [0.25, 0.3) is 0 Å². The normalized spacial score (nSPS) is 10.6. The van der Waals surface area contributed by atoms with E-state index in [-0.39, 0.29) is 0 Å². The summed E-state index contributed by atoms with van der Waals surface area (Å²) in [5, 5.41) is 15.0. The largest absolute Gasteiger partial charge is 0.497 e. The van der Waals surface area contributed by atoms with Crippen LogP contribution < -0.4 is 14.9 Å². The summed E-state index contributed by atoms with van der Waals surface area (Å²) in [4.78, 5) is 15.4. The van der Waals surface area contributed by atoms with E-state index < -0.39 is 5.97 Å². The third kappa shape index (κ3) is 4.42. The van der Waals surface area contributed by atoms with Crippen molar-refractivity contribution in [3.8, 4) is 11.5 Å². The second-order valence-electron chi connectivity index (χ2n) is 3.42. The van der Waals surface area contributed by atoms with Crippen LogP contribution in [0, 0.1) is 0 Å². The van der Waals surface area contributed by atoms with Crippen molar-refractivity contribution in [3.63, 3.8) is 0 Å². The molecule has 2 N–H and O–H groups in total. The Bertz CT molecular complexity index is 432. The number of ether oxygens (including phenoxy) is 1. The van der Waals surface area contributed by atoms with Crippen LogP contribution in [0.25, 0.3) is 0 Å². The van der Waals surface area contributed by atoms with Gasteiger partial charge in [-0.05, 0) is 12.6 Å². The van der Waals surface area contributed by atoms with Crippen molar-refractivity contribution >= 4 is 12.2 Å². The van der Waals surface area contributed by atoms with Crippen molar-refractivity contribution < 1.29 is 19.5 Å². The fraction of sp³-hybridized carbons (Fsp3) is 0.333. The summed E-state index contributed by atoms with van der Waals surface area (Å²) in [5.41, 5.74) is 0.875. The minimum absolute atomic E-state index is 0.466. The summed E-state index contributed by atoms with van der Waals surface area (Å²) < 4.78 is 5.07. The average molecular weight is 252 g/mol. The van der Waals surface area contributed by atoms with Crippen molar-refractivity contribution in [2.24, 2.45) is 5.16 Å². The summed E-state index contributed by atoms with van der Waals surface area (Å²) in [6.45, 7) is 3.43. The third-order valence-corrected chi connectivity index (χ3v) is 2.15. The van der Waals surface area contributed by atoms with Crippen LogP contribution in [0.15, 0.2) is 23.4 Å². The van der Waals surface area contributed by atoms with Crippen LogP contribution in [0.2, 0.25) is 0 Å². The van der Waals surface area contributed by atoms with Crippen LogP contribution in [0.1, 0.15) is 12.5 Å². The molecular weight excluding hydrogens is 236 g/mol. The van der Waals surface area contributed by atoms with E-state index in [9.17, 15) is 4.79 Å². The number of hydrogen-bond acceptors (Lipinski definition) is 5. The SMILES string of the molecule is CCNCc1ccc(OC)cc1O/N=C/C(=O)O. The molecule has 0 bridgehead atoms. The zero-order chi connectivity index (χ0) is 13.4. The fourth-order valence-corrected chi connectivity index (χ4v) is 1.28. The van der Waals surface area contributed by atoms with Gasteiger partial charge in [0, 0.05) is 18.2 Å². The Morgan fingerprint density at radius 3 is 2.94 bits per heavy atom. The lowest BCUT2D eigenvalue weighted by atomic mass is 10.2. The Morgan fingerprint density at radius 1 is 1.56 bits per heavy atom. The topological polar surface area (TPSA) is 80.1 Å². The molecule has 1 aromatic rings. The second kappa shape index (κ2) is 7.29. The third-order valence-electron chi connectivity index (χ3n) is 2.15. The van der Waals surface area contributed by atoms with Crippen molar-refractivity contribution in [2.75, 3.05) is 13.7 Å². The maximum atomic E-state index is 10.3. The number of aliphatic carboxylic acids is 1. The zero-order valence-corrected chi connectivity index (χ0v) is 10.3. The number of benzene rings is 1. The van der Waals surface area contributed by atoms with E-state index in [2.05, 4.69) is 10.5 Å². The van der Waals surface area contributed by atoms with E-state index in [1.54, 1.807) is 19.2 Å². The predicted molar refractivity (Wildman–Crippen MR) is 67.1 cm³/mol. The Labute approximate surface area is 105 Å². The first-order valence-corrected chi connectivity index (χ1v) is 5.48. The molecule has 0 unspecified atom stereocenters. The van der Waals surface area contributed by atoms with Crippen LogP contribution in [-0.4, -0.2) is 30.9 Å². The predicted octanol–water partition coefficient (Wildman–Crippen LogP) is 1.25. The molecule has 0 aliphatic heterocycles. The first kappa shape index (κ1) is 14.0. The van der Waals surface area contributed by atoms with E-state index >= 15 is 0 Å². The number of rotatable bonds is 7. The van der Waals surface area contributed by atoms with E-state index in [1.165, 1.54) is 0 Å². The summed E-state index contributed by atoms with van der Waals surface area (Å²) in [7, 11) is 1.55. The fourth-order valence-electron chi connectivity index (χ4n) is 1.28. The molecule has 1 rings (SSSR count). The minimum Gasteiger partial charge on any atom is -0.497 e. The highest BCUT2D eigenvalue weighted by atomic mass is 16.6. The highest BCUT2D eigenvalue weighted by Gasteiger charge is 2.06. The van der Waals surface area contributed by atoms with Gasteiger partial charge >= 0.3 is 5.97 Å². The molecule has 0 saturated carbocycles. The molecule has 0 aliphatic rings. The monoisotopic (exact) mass is 252 g/mol. The number of nitrogens with one attached hydrogen (secondary N) is 1. The van der Waals surface area contributed by atoms with Gasteiger partial charge < -0.3 is 20.0 Å². The number of hydrogen-bond donors (Lipinski definition) is 2. The average Bonchev–Trinajstić information content (AvgIpc) is 2.36. The van der Waals surface area contributed by atoms with Crippen molar-refractivity contribution in [2.45, 2.75) is 13.5 Å². The molecule has 0 heterocycles. The number of oxime groups is 1. The van der Waals surface area contributed by atoms with Gasteiger partial charge in [-0.2, -0.15) is 0 Å². The maximum Gasteiger partial charge on any atom is 0.350 e. The lowest BCUT2D eigenvalue weighted by Crippen LogP contribution is -2.12. The van der Waals surface area contributed by atoms with Crippen molar-refractivity contribution in [1.29, 1.82) is 0 Å². The highest BCUT2D eigenvalue weighted by Crippen LogP contribution is 2.24. The van der Waals surface area contributed by atoms with Crippen molar-refractivity contribution in [1.82, 2.24) is 5.32 Å². The standard InChI is InChI=1S/C12H16N2O4/c1-3-13-7-9-4-5-10(17-2)6-11(9)18-14-8-12(15)16/h4-6,8,13H,3,7H2,1-2H3,(H,15,16)/b14-8+. The molecular formula is C12H16N2O4. The molecule has 0 saturated heterocycles. The minimum atomic E-state index is -1.16. The Balaban J connectivity index is 2.85. The van der Waals surface area contributed by atoms with Crippen LogP contribution in [0.3, 0.4) is 0 Å². The maximum absolute atomic E-state index is 10.3. The van der Waals surface area contributed by atoms with Gasteiger partial charge in [0.1, 0.15) is 5.75 Å². The van der Waals surface area contributed by atoms with E-state index in [4.69, 9.17) is 14.7 Å². The molecule has 0 amide bonds. The summed E-state index contributed by atoms with van der Waals surface area (Å²) in [6, 6.07) is 5.30. The smallest absolute Gasteiger partial charge is 0.350 e. The summed E-state index contributed by atoms with van der Waals surface area (Å²) in [6.07, 6.45) is 0.691. The molecule has 6 heteroatoms. The van der Waals surface area contributed by atoms with Gasteiger partial charge in [-0.15, -0.1) is 0 Å². The molecule has 0 spiro atoms. The van der Waals surface area contributed by atoms with E-state index in [1.807, 2.05) is 13.0 Å². The molecule has 0 aliphatic carbocycles. The molecule has 6 nitrogen and oxygen atoms in total. The Morgan fingerprint density at radius 2 is 2.33 bits per heavy atom. The van der Waals surface area contributed by atoms with Crippen LogP contribution >= 0.6 is 0 Å². The lowest BCUT2D eigenvalue weighted by molar-refractivity contribution is -0.128. The first-order valence-electron chi connectivity index (χ1n) is 5.48. The quantitative estimate of drug-likeness (QED) is 0.564. The number of nitrogens with zero attached hydrogens (tertiary/aromatic N) is 1. The van der Waals surface area contributed by atoms with Crippen molar-refractivity contribution in [3.05, 3.63) is 23.8 Å². The highest BCUT2D eigenvalue weighted by molar-refractivity contribution is 6.21. The first-order chi connectivity index (χ1) is 8.67. The molecule has 98 valence electrons. The molecule has 0 radical (unpaired) electrons. The van der Waals surface area contributed by atoms with Crippen LogP contribution in [0.5, 0.6) is 11.5 Å². The molecule has 18 heavy (non-hydrogen) atoms. The molecule has 0 atom stereocenters. The Kier molecular flexibility index (Phi) is 5.66. The number of carboxylic acids is 1.